The van der Waals surface area contributed by atoms with Gasteiger partial charge in [0.05, 0.1) is 12.2 Å². The normalized spacial score (nSPS) is 34.1. The van der Waals surface area contributed by atoms with Gasteiger partial charge in [0.15, 0.2) is 6.04 Å². The van der Waals surface area contributed by atoms with Crippen LogP contribution in [0.4, 0.5) is 0 Å². The molecule has 1 fully saturated rings. The first-order valence-electron chi connectivity index (χ1n) is 7.99. The minimum Gasteiger partial charge on any atom is -0.475 e. The fourth-order valence-corrected chi connectivity index (χ4v) is 2.70. The number of carbonyl (C=O) groups is 1. The molecule has 1 aromatic carbocycles. The van der Waals surface area contributed by atoms with Crippen molar-refractivity contribution in [3.63, 3.8) is 0 Å². The Balaban J connectivity index is 1.83. The first kappa shape index (κ1) is 18.5. The fraction of sp³-hybridized carbons (Fsp3) is 0.500. The standard InChI is InChI=1S/C16H20N2O8/c17-14(23)8-6-24-15(18-8)7-3-1-2-4-9(7)25-16-13(22)12(21)11(20)10(5-19)26-16/h1-4,8,10-13,16,19-22H,5-6H2,(H2,17,23)/t8-,10+,11+,12-,13+,16+/m0/s1. The van der Waals surface area contributed by atoms with Gasteiger partial charge >= 0.3 is 0 Å². The van der Waals surface area contributed by atoms with Crippen LogP contribution in [0.5, 0.6) is 5.75 Å². The molecule has 10 heteroatoms. The van der Waals surface area contributed by atoms with Crippen LogP contribution in [0.25, 0.3) is 0 Å². The van der Waals surface area contributed by atoms with Gasteiger partial charge in [-0.3, -0.25) is 4.79 Å². The predicted molar refractivity (Wildman–Crippen MR) is 86.3 cm³/mol. The molecule has 1 aromatic rings. The quantitative estimate of drug-likeness (QED) is 0.380. The second-order valence-electron chi connectivity index (χ2n) is 5.97. The maximum atomic E-state index is 11.2. The second-order valence-corrected chi connectivity index (χ2v) is 5.97. The van der Waals surface area contributed by atoms with Gasteiger partial charge in [-0.05, 0) is 12.1 Å². The van der Waals surface area contributed by atoms with Gasteiger partial charge in [0.1, 0.15) is 36.8 Å². The maximum Gasteiger partial charge on any atom is 0.245 e. The molecule has 1 saturated heterocycles. The summed E-state index contributed by atoms with van der Waals surface area (Å²) in [5, 5.41) is 39.0. The van der Waals surface area contributed by atoms with Crippen molar-refractivity contribution in [1.82, 2.24) is 0 Å². The maximum absolute atomic E-state index is 11.2. The number of aliphatic hydroxyl groups excluding tert-OH is 4. The van der Waals surface area contributed by atoms with Crippen molar-refractivity contribution in [2.24, 2.45) is 10.7 Å². The average molecular weight is 368 g/mol. The lowest BCUT2D eigenvalue weighted by Crippen LogP contribution is -2.60. The van der Waals surface area contributed by atoms with Crippen LogP contribution in [0.1, 0.15) is 5.56 Å². The number of rotatable bonds is 5. The highest BCUT2D eigenvalue weighted by atomic mass is 16.7. The zero-order valence-electron chi connectivity index (χ0n) is 13.6. The van der Waals surface area contributed by atoms with E-state index in [1.54, 1.807) is 24.3 Å². The molecule has 0 spiro atoms. The van der Waals surface area contributed by atoms with Gasteiger partial charge in [-0.15, -0.1) is 0 Å². The summed E-state index contributed by atoms with van der Waals surface area (Å²) in [7, 11) is 0. The number of ether oxygens (including phenoxy) is 3. The van der Waals surface area contributed by atoms with Gasteiger partial charge in [-0.2, -0.15) is 0 Å². The Morgan fingerprint density at radius 1 is 1.23 bits per heavy atom. The summed E-state index contributed by atoms with van der Waals surface area (Å²) in [5.74, 6) is -0.262. The van der Waals surface area contributed by atoms with Gasteiger partial charge in [-0.1, -0.05) is 12.1 Å². The molecular weight excluding hydrogens is 348 g/mol. The number of aliphatic imine (C=N–C) groups is 1. The average Bonchev–Trinajstić information content (AvgIpc) is 3.13. The number of primary amides is 1. The van der Waals surface area contributed by atoms with E-state index >= 15 is 0 Å². The largest absolute Gasteiger partial charge is 0.475 e. The van der Waals surface area contributed by atoms with E-state index in [-0.39, 0.29) is 18.3 Å². The van der Waals surface area contributed by atoms with Crippen molar-refractivity contribution in [2.45, 2.75) is 36.7 Å². The number of para-hydroxylation sites is 1. The SMILES string of the molecule is NC(=O)[C@@H]1COC(c2ccccc2O[C@@H]2O[C@H](CO)[C@@H](O)[C@H](O)[C@H]2O)=N1. The van der Waals surface area contributed by atoms with Crippen LogP contribution in [-0.4, -0.2) is 82.2 Å². The molecule has 3 rings (SSSR count). The summed E-state index contributed by atoms with van der Waals surface area (Å²) in [6, 6.07) is 5.73. The highest BCUT2D eigenvalue weighted by Gasteiger charge is 2.45. The molecule has 2 aliphatic heterocycles. The van der Waals surface area contributed by atoms with Crippen LogP contribution in [0.15, 0.2) is 29.3 Å². The molecule has 0 radical (unpaired) electrons. The molecule has 1 amide bonds. The van der Waals surface area contributed by atoms with Crippen molar-refractivity contribution >= 4 is 11.8 Å². The highest BCUT2D eigenvalue weighted by molar-refractivity contribution is 6.00. The molecule has 0 bridgehead atoms. The Morgan fingerprint density at radius 3 is 2.62 bits per heavy atom. The minimum atomic E-state index is -1.56. The minimum absolute atomic E-state index is 0.0129. The Hall–Kier alpha value is -2.24. The number of nitrogens with two attached hydrogens (primary N) is 1. The number of carbonyl (C=O) groups excluding carboxylic acids is 1. The van der Waals surface area contributed by atoms with Crippen molar-refractivity contribution in [3.8, 4) is 5.75 Å². The molecular formula is C16H20N2O8. The summed E-state index contributed by atoms with van der Waals surface area (Å²) in [5.41, 5.74) is 5.61. The zero-order chi connectivity index (χ0) is 18.8. The van der Waals surface area contributed by atoms with Crippen molar-refractivity contribution < 1.29 is 39.4 Å². The van der Waals surface area contributed by atoms with E-state index in [0.29, 0.717) is 5.56 Å². The van der Waals surface area contributed by atoms with Crippen LogP contribution in [0.2, 0.25) is 0 Å². The van der Waals surface area contributed by atoms with Crippen LogP contribution in [-0.2, 0) is 14.3 Å². The van der Waals surface area contributed by atoms with Crippen LogP contribution >= 0.6 is 0 Å². The van der Waals surface area contributed by atoms with Gasteiger partial charge in [0.2, 0.25) is 18.1 Å². The highest BCUT2D eigenvalue weighted by Crippen LogP contribution is 2.28. The van der Waals surface area contributed by atoms with Crippen molar-refractivity contribution in [2.75, 3.05) is 13.2 Å². The summed E-state index contributed by atoms with van der Waals surface area (Å²) in [6.07, 6.45) is -7.03. The van der Waals surface area contributed by atoms with E-state index in [2.05, 4.69) is 4.99 Å². The fourth-order valence-electron chi connectivity index (χ4n) is 2.70. The third kappa shape index (κ3) is 3.50. The predicted octanol–water partition coefficient (Wildman–Crippen LogP) is -2.50. The molecule has 0 unspecified atom stereocenters. The summed E-state index contributed by atoms with van der Waals surface area (Å²) >= 11 is 0. The molecule has 0 saturated carbocycles. The Bertz CT molecular complexity index is 695. The Morgan fingerprint density at radius 2 is 1.96 bits per heavy atom. The monoisotopic (exact) mass is 368 g/mol. The molecule has 0 aromatic heterocycles. The number of benzene rings is 1. The molecule has 2 heterocycles. The smallest absolute Gasteiger partial charge is 0.245 e. The molecule has 26 heavy (non-hydrogen) atoms. The van der Waals surface area contributed by atoms with E-state index in [4.69, 9.17) is 19.9 Å². The van der Waals surface area contributed by atoms with Gasteiger partial charge in [-0.25, -0.2) is 4.99 Å². The molecule has 2 aliphatic rings. The van der Waals surface area contributed by atoms with E-state index in [1.807, 2.05) is 0 Å². The number of hydrogen-bond acceptors (Lipinski definition) is 9. The van der Waals surface area contributed by atoms with Crippen molar-refractivity contribution in [1.29, 1.82) is 0 Å². The van der Waals surface area contributed by atoms with Crippen LogP contribution in [0.3, 0.4) is 0 Å². The van der Waals surface area contributed by atoms with Gasteiger partial charge in [0, 0.05) is 0 Å². The molecule has 10 nitrogen and oxygen atoms in total. The zero-order valence-corrected chi connectivity index (χ0v) is 13.6. The Kier molecular flexibility index (Phi) is 5.39. The first-order valence-corrected chi connectivity index (χ1v) is 7.99. The number of nitrogens with zero attached hydrogens (tertiary/aromatic N) is 1. The van der Waals surface area contributed by atoms with E-state index in [1.165, 1.54) is 0 Å². The molecule has 0 aliphatic carbocycles. The van der Waals surface area contributed by atoms with E-state index in [9.17, 15) is 25.2 Å². The first-order chi connectivity index (χ1) is 12.4. The Labute approximate surface area is 148 Å². The van der Waals surface area contributed by atoms with Crippen LogP contribution < -0.4 is 10.5 Å². The summed E-state index contributed by atoms with van der Waals surface area (Å²) < 4.78 is 16.3. The molecule has 6 atom stereocenters. The summed E-state index contributed by atoms with van der Waals surface area (Å²) in [6.45, 7) is -0.554. The third-order valence-corrected chi connectivity index (χ3v) is 4.19. The second kappa shape index (κ2) is 7.56. The molecule has 6 N–H and O–H groups in total. The van der Waals surface area contributed by atoms with Crippen molar-refractivity contribution in [3.05, 3.63) is 29.8 Å². The lowest BCUT2D eigenvalue weighted by molar-refractivity contribution is -0.277. The van der Waals surface area contributed by atoms with E-state index < -0.39 is 49.3 Å². The lowest BCUT2D eigenvalue weighted by atomic mass is 9.99. The molecule has 142 valence electrons. The third-order valence-electron chi connectivity index (χ3n) is 4.19. The number of aliphatic hydroxyl groups is 4. The van der Waals surface area contributed by atoms with Crippen LogP contribution in [0, 0.1) is 0 Å². The number of amides is 1. The number of hydrogen-bond donors (Lipinski definition) is 5. The van der Waals surface area contributed by atoms with Gasteiger partial charge < -0.3 is 40.4 Å². The van der Waals surface area contributed by atoms with Gasteiger partial charge in [0.25, 0.3) is 0 Å². The summed E-state index contributed by atoms with van der Waals surface area (Å²) in [4.78, 5) is 15.3. The van der Waals surface area contributed by atoms with E-state index in [0.717, 1.165) is 0 Å². The topological polar surface area (TPSA) is 164 Å². The lowest BCUT2D eigenvalue weighted by Gasteiger charge is -2.39.